The van der Waals surface area contributed by atoms with Gasteiger partial charge in [-0.1, -0.05) is 75.4 Å². The summed E-state index contributed by atoms with van der Waals surface area (Å²) >= 11 is 0. The highest BCUT2D eigenvalue weighted by Gasteiger charge is 2.83. The van der Waals surface area contributed by atoms with Gasteiger partial charge >= 0.3 is 23.3 Å². The van der Waals surface area contributed by atoms with Gasteiger partial charge in [-0.15, -0.1) is 0 Å². The van der Waals surface area contributed by atoms with Gasteiger partial charge in [-0.2, -0.15) is 39.5 Å². The molecule has 0 aliphatic carbocycles. The number of alkyl halides is 9. The number of benzene rings is 3. The van der Waals surface area contributed by atoms with Crippen molar-refractivity contribution in [3.05, 3.63) is 90.5 Å². The minimum absolute atomic E-state index is 0.0727. The summed E-state index contributed by atoms with van der Waals surface area (Å²) in [6.07, 6.45) is -7.16. The highest BCUT2D eigenvalue weighted by molar-refractivity contribution is 7.97. The van der Waals surface area contributed by atoms with Crippen LogP contribution in [0.3, 0.4) is 0 Å². The number of halogens is 9. The third-order valence-electron chi connectivity index (χ3n) is 5.30. The van der Waals surface area contributed by atoms with Gasteiger partial charge in [-0.25, -0.2) is 8.42 Å². The first-order valence-corrected chi connectivity index (χ1v) is 13.8. The quantitative estimate of drug-likeness (QED) is 0.160. The summed E-state index contributed by atoms with van der Waals surface area (Å²) in [6, 6.07) is 30.6. The van der Waals surface area contributed by atoms with Crippen LogP contribution in [0.4, 0.5) is 39.5 Å². The lowest BCUT2D eigenvalue weighted by Gasteiger charge is -2.34. The Balaban J connectivity index is 0.000000296. The molecule has 0 bridgehead atoms. The molecular weight excluding hydrogens is 595 g/mol. The third kappa shape index (κ3) is 6.77. The van der Waals surface area contributed by atoms with Crippen LogP contribution in [-0.2, 0) is 26.4 Å². The molecule has 3 aromatic carbocycles. The zero-order chi connectivity index (χ0) is 30.8. The van der Waals surface area contributed by atoms with E-state index in [1.54, 1.807) is 0 Å². The molecule has 0 atom stereocenters. The molecule has 0 unspecified atom stereocenters. The van der Waals surface area contributed by atoms with E-state index < -0.39 is 33.4 Å². The van der Waals surface area contributed by atoms with Crippen LogP contribution in [0.1, 0.15) is 26.3 Å². The Kier molecular flexibility index (Phi) is 9.75. The predicted molar refractivity (Wildman–Crippen MR) is 131 cm³/mol. The predicted octanol–water partition coefficient (Wildman–Crippen LogP) is 8.04. The van der Waals surface area contributed by atoms with Crippen LogP contribution in [0.15, 0.2) is 99.6 Å². The van der Waals surface area contributed by atoms with Crippen LogP contribution in [0.2, 0.25) is 0 Å². The standard InChI is InChI=1S/C22H23S.C4HF9O3S/c1-22(2,3)20-16-10-11-17-21(20)23(18-12-6-4-7-13-18)19-14-8-5-9-15-19;5-1(6,3(9,10)11)2(7,8)4(12,13)17(14,15)16/h4-17H,1-3H3;(H,14,15,16)/q+1;/p-1. The van der Waals surface area contributed by atoms with Gasteiger partial charge in [-0.3, -0.25) is 0 Å². The Morgan fingerprint density at radius 1 is 0.600 bits per heavy atom. The van der Waals surface area contributed by atoms with Gasteiger partial charge in [0.15, 0.2) is 24.8 Å². The second kappa shape index (κ2) is 11.6. The smallest absolute Gasteiger partial charge is 0.460 e. The number of hydrogen-bond donors (Lipinski definition) is 0. The fourth-order valence-corrected chi connectivity index (χ4v) is 6.17. The highest BCUT2D eigenvalue weighted by atomic mass is 32.2. The molecule has 14 heteroatoms. The molecule has 220 valence electrons. The number of hydrogen-bond acceptors (Lipinski definition) is 3. The minimum atomic E-state index is -7.43. The summed E-state index contributed by atoms with van der Waals surface area (Å²) in [4.78, 5) is 4.17. The molecule has 0 aliphatic rings. The first kappa shape index (κ1) is 33.5. The molecule has 0 saturated heterocycles. The van der Waals surface area contributed by atoms with Crippen LogP contribution in [0.25, 0.3) is 0 Å². The van der Waals surface area contributed by atoms with E-state index in [9.17, 15) is 52.5 Å². The first-order valence-electron chi connectivity index (χ1n) is 11.2. The zero-order valence-corrected chi connectivity index (χ0v) is 22.7. The Morgan fingerprint density at radius 3 is 1.32 bits per heavy atom. The molecule has 0 aromatic heterocycles. The maximum absolute atomic E-state index is 12.2. The van der Waals surface area contributed by atoms with Gasteiger partial charge in [0, 0.05) is 5.56 Å². The molecule has 0 amide bonds. The SMILES string of the molecule is CC(C)(C)c1ccccc1[S+](c1ccccc1)c1ccccc1.O=S(=O)([O-])C(F)(F)C(F)(F)C(F)(F)C(F)(F)F. The molecule has 3 rings (SSSR count). The molecule has 0 radical (unpaired) electrons. The molecule has 0 heterocycles. The maximum atomic E-state index is 12.2. The van der Waals surface area contributed by atoms with E-state index in [2.05, 4.69) is 106 Å². The number of rotatable bonds is 6. The molecule has 40 heavy (non-hydrogen) atoms. The van der Waals surface area contributed by atoms with Gasteiger partial charge in [0.05, 0.1) is 10.9 Å². The maximum Gasteiger partial charge on any atom is 0.460 e. The van der Waals surface area contributed by atoms with Crippen LogP contribution in [0, 0.1) is 0 Å². The Labute approximate surface area is 228 Å². The average Bonchev–Trinajstić information content (AvgIpc) is 2.84. The van der Waals surface area contributed by atoms with Gasteiger partial charge in [0.2, 0.25) is 0 Å². The van der Waals surface area contributed by atoms with Gasteiger partial charge < -0.3 is 4.55 Å². The summed E-state index contributed by atoms with van der Waals surface area (Å²) < 4.78 is 135. The van der Waals surface area contributed by atoms with Crippen molar-refractivity contribution >= 4 is 21.0 Å². The molecule has 3 aromatic rings. The zero-order valence-electron chi connectivity index (χ0n) is 21.0. The van der Waals surface area contributed by atoms with Crippen molar-refractivity contribution in [3.63, 3.8) is 0 Å². The van der Waals surface area contributed by atoms with E-state index in [1.165, 1.54) is 20.2 Å². The van der Waals surface area contributed by atoms with Crippen LogP contribution < -0.4 is 0 Å². The van der Waals surface area contributed by atoms with Gasteiger partial charge in [-0.05, 0) is 35.7 Å². The van der Waals surface area contributed by atoms with Crippen LogP contribution in [0.5, 0.6) is 0 Å². The molecule has 0 aliphatic heterocycles. The van der Waals surface area contributed by atoms with E-state index in [-0.39, 0.29) is 16.3 Å². The van der Waals surface area contributed by atoms with Gasteiger partial charge in [0.1, 0.15) is 0 Å². The van der Waals surface area contributed by atoms with Crippen molar-refractivity contribution in [3.8, 4) is 0 Å². The van der Waals surface area contributed by atoms with Crippen molar-refractivity contribution in [2.45, 2.75) is 64.1 Å². The first-order chi connectivity index (χ1) is 18.1. The van der Waals surface area contributed by atoms with Crippen molar-refractivity contribution < 1.29 is 52.5 Å². The van der Waals surface area contributed by atoms with Crippen LogP contribution >= 0.6 is 0 Å². The molecule has 0 fully saturated rings. The van der Waals surface area contributed by atoms with Crippen molar-refractivity contribution in [1.29, 1.82) is 0 Å². The van der Waals surface area contributed by atoms with Crippen molar-refractivity contribution in [2.24, 2.45) is 0 Å². The van der Waals surface area contributed by atoms with E-state index in [1.807, 2.05) is 0 Å². The summed E-state index contributed by atoms with van der Waals surface area (Å²) in [5.74, 6) is -14.8. The van der Waals surface area contributed by atoms with Crippen LogP contribution in [-0.4, -0.2) is 36.2 Å². The molecular formula is C26H23F9O3S2. The van der Waals surface area contributed by atoms with Gasteiger partial charge in [0.25, 0.3) is 0 Å². The minimum Gasteiger partial charge on any atom is -0.743 e. The van der Waals surface area contributed by atoms with E-state index >= 15 is 0 Å². The highest BCUT2D eigenvalue weighted by Crippen LogP contribution is 2.54. The second-order valence-electron chi connectivity index (χ2n) is 9.30. The molecule has 0 spiro atoms. The molecule has 3 nitrogen and oxygen atoms in total. The second-order valence-corrected chi connectivity index (χ2v) is 12.7. The van der Waals surface area contributed by atoms with E-state index in [0.717, 1.165) is 0 Å². The summed E-state index contributed by atoms with van der Waals surface area (Å²) in [5.41, 5.74) is 1.56. The Morgan fingerprint density at radius 2 is 0.975 bits per heavy atom. The van der Waals surface area contributed by atoms with Crippen molar-refractivity contribution in [2.75, 3.05) is 0 Å². The monoisotopic (exact) mass is 618 g/mol. The Hall–Kier alpha value is -2.71. The summed E-state index contributed by atoms with van der Waals surface area (Å²) in [6.45, 7) is 6.88. The fraction of sp³-hybridized carbons (Fsp3) is 0.308. The summed E-state index contributed by atoms with van der Waals surface area (Å²) in [7, 11) is -7.49. The van der Waals surface area contributed by atoms with Crippen molar-refractivity contribution in [1.82, 2.24) is 0 Å². The average molecular weight is 619 g/mol. The van der Waals surface area contributed by atoms with E-state index in [0.29, 0.717) is 0 Å². The fourth-order valence-electron chi connectivity index (χ4n) is 3.29. The Bertz CT molecular complexity index is 1330. The largest absolute Gasteiger partial charge is 0.743 e. The lowest BCUT2D eigenvalue weighted by atomic mass is 9.87. The third-order valence-corrected chi connectivity index (χ3v) is 8.47. The lowest BCUT2D eigenvalue weighted by Crippen LogP contribution is -2.63. The molecule has 0 saturated carbocycles. The summed E-state index contributed by atoms with van der Waals surface area (Å²) in [5, 5.41) is -7.11. The topological polar surface area (TPSA) is 57.2 Å². The van der Waals surface area contributed by atoms with E-state index in [4.69, 9.17) is 0 Å². The lowest BCUT2D eigenvalue weighted by molar-refractivity contribution is -0.382. The molecule has 0 N–H and O–H groups in total. The normalized spacial score (nSPS) is 13.6.